The van der Waals surface area contributed by atoms with Crippen molar-refractivity contribution in [1.82, 2.24) is 4.98 Å². The summed E-state index contributed by atoms with van der Waals surface area (Å²) in [6, 6.07) is 5.57. The van der Waals surface area contributed by atoms with Crippen molar-refractivity contribution in [2.75, 3.05) is 12.4 Å². The lowest BCUT2D eigenvalue weighted by Gasteiger charge is -2.14. The topological polar surface area (TPSA) is 141 Å². The van der Waals surface area contributed by atoms with Crippen LogP contribution in [0, 0.1) is 20.2 Å². The average Bonchev–Trinajstić information content (AvgIpc) is 2.85. The predicted octanol–water partition coefficient (Wildman–Crippen LogP) is 8.12. The Balaban J connectivity index is 0.000000408. The highest BCUT2D eigenvalue weighted by Crippen LogP contribution is 2.48. The molecule has 0 bridgehead atoms. The Morgan fingerprint density at radius 3 is 2.17 bits per heavy atom. The Kier molecular flexibility index (Phi) is 10.4. The second-order valence-electron chi connectivity index (χ2n) is 7.67. The third-order valence-electron chi connectivity index (χ3n) is 4.94. The van der Waals surface area contributed by atoms with Crippen LogP contribution in [-0.2, 0) is 18.8 Å². The van der Waals surface area contributed by atoms with Gasteiger partial charge in [0.2, 0.25) is 0 Å². The van der Waals surface area contributed by atoms with Gasteiger partial charge < -0.3 is 15.2 Å². The molecule has 0 spiro atoms. The van der Waals surface area contributed by atoms with E-state index in [9.17, 15) is 51.7 Å². The van der Waals surface area contributed by atoms with Crippen LogP contribution in [0.4, 0.5) is 49.2 Å². The molecule has 0 radical (unpaired) electrons. The first kappa shape index (κ1) is 32.9. The summed E-state index contributed by atoms with van der Waals surface area (Å²) < 4.78 is 82.0. The maximum absolute atomic E-state index is 13.0. The van der Waals surface area contributed by atoms with E-state index in [1.54, 1.807) is 12.1 Å². The Labute approximate surface area is 236 Å². The zero-order valence-corrected chi connectivity index (χ0v) is 21.8. The zero-order chi connectivity index (χ0) is 31.3. The molecule has 0 aliphatic heterocycles. The average molecular weight is 629 g/mol. The highest BCUT2D eigenvalue weighted by Gasteiger charge is 2.42. The number of aromatic hydroxyl groups is 1. The fraction of sp³-hybridized carbons (Fsp3) is 0.174. The number of nitrogens with zero attached hydrogens (tertiary/aromatic N) is 3. The minimum Gasteiger partial charge on any atom is -0.504 e. The van der Waals surface area contributed by atoms with Gasteiger partial charge in [-0.2, -0.15) is 26.3 Å². The number of hydrogen-bond donors (Lipinski definition) is 2. The molecule has 220 valence electrons. The van der Waals surface area contributed by atoms with Crippen LogP contribution in [0.3, 0.4) is 0 Å². The molecule has 0 saturated heterocycles. The molecule has 0 atom stereocenters. The standard InChI is InChI=1S/C13H4Cl2F6N4O4.C10H12O2/c14-6-1-4(12(16,17)18)3-22-11(6)23-9-7(24(26)27)2-5(13(19,20)21)8(15)10(9)25(28)29;1-3-4-8-5-6-9(11)10(7-8)12-2/h1-3H,(H,22,23);3,5-7,11H,1,4H2,2H3. The number of phenolic OH excluding ortho intramolecular Hbond substituents is 1. The van der Waals surface area contributed by atoms with Gasteiger partial charge in [-0.1, -0.05) is 35.3 Å². The molecule has 1 heterocycles. The van der Waals surface area contributed by atoms with Gasteiger partial charge in [-0.25, -0.2) is 4.98 Å². The van der Waals surface area contributed by atoms with E-state index >= 15 is 0 Å². The summed E-state index contributed by atoms with van der Waals surface area (Å²) in [5.41, 5.74) is -6.18. The SMILES string of the molecule is C=CCc1ccc(O)c(OC)c1.O=[N+]([O-])c1cc(C(F)(F)F)c(Cl)c([N+](=O)[O-])c1Nc1ncc(C(F)(F)F)cc1Cl. The van der Waals surface area contributed by atoms with E-state index in [-0.39, 0.29) is 18.0 Å². The lowest BCUT2D eigenvalue weighted by atomic mass is 10.1. The first-order valence-corrected chi connectivity index (χ1v) is 11.4. The van der Waals surface area contributed by atoms with Gasteiger partial charge in [0.25, 0.3) is 0 Å². The lowest BCUT2D eigenvalue weighted by molar-refractivity contribution is -0.392. The third kappa shape index (κ3) is 8.11. The number of nitrogens with one attached hydrogen (secondary N) is 1. The van der Waals surface area contributed by atoms with Crippen LogP contribution >= 0.6 is 23.2 Å². The highest BCUT2D eigenvalue weighted by atomic mass is 35.5. The van der Waals surface area contributed by atoms with Crippen LogP contribution in [0.25, 0.3) is 0 Å². The number of pyridine rings is 1. The molecule has 3 aromatic rings. The van der Waals surface area contributed by atoms with Gasteiger partial charge in [0.05, 0.1) is 33.1 Å². The molecule has 0 aliphatic rings. The van der Waals surface area contributed by atoms with E-state index in [4.69, 9.17) is 27.9 Å². The van der Waals surface area contributed by atoms with Crippen LogP contribution in [0.1, 0.15) is 16.7 Å². The molecule has 41 heavy (non-hydrogen) atoms. The fourth-order valence-corrected chi connectivity index (χ4v) is 3.63. The number of benzene rings is 2. The minimum absolute atomic E-state index is 0.0599. The summed E-state index contributed by atoms with van der Waals surface area (Å²) in [4.78, 5) is 22.9. The molecule has 0 saturated carbocycles. The molecule has 10 nitrogen and oxygen atoms in total. The second-order valence-corrected chi connectivity index (χ2v) is 8.45. The Hall–Kier alpha value is -4.31. The fourth-order valence-electron chi connectivity index (χ4n) is 3.09. The van der Waals surface area contributed by atoms with Crippen molar-refractivity contribution in [2.24, 2.45) is 0 Å². The van der Waals surface area contributed by atoms with E-state index in [2.05, 4.69) is 11.6 Å². The number of nitro groups is 2. The second kappa shape index (κ2) is 12.9. The summed E-state index contributed by atoms with van der Waals surface area (Å²) in [5.74, 6) is -0.0404. The van der Waals surface area contributed by atoms with Crippen molar-refractivity contribution in [3.05, 3.63) is 96.1 Å². The van der Waals surface area contributed by atoms with Crippen molar-refractivity contribution in [1.29, 1.82) is 0 Å². The smallest absolute Gasteiger partial charge is 0.418 e. The largest absolute Gasteiger partial charge is 0.504 e. The zero-order valence-electron chi connectivity index (χ0n) is 20.3. The summed E-state index contributed by atoms with van der Waals surface area (Å²) in [6.45, 7) is 3.63. The van der Waals surface area contributed by atoms with Crippen LogP contribution in [0.15, 0.2) is 49.2 Å². The first-order valence-electron chi connectivity index (χ1n) is 10.6. The number of halogens is 8. The number of rotatable bonds is 7. The van der Waals surface area contributed by atoms with E-state index < -0.39 is 66.3 Å². The van der Waals surface area contributed by atoms with Gasteiger partial charge in [0.1, 0.15) is 10.8 Å². The summed E-state index contributed by atoms with van der Waals surface area (Å²) >= 11 is 11.1. The predicted molar refractivity (Wildman–Crippen MR) is 136 cm³/mol. The van der Waals surface area contributed by atoms with Crippen molar-refractivity contribution < 1.29 is 46.0 Å². The molecular formula is C23H16Cl2F6N4O6. The molecule has 1 aromatic heterocycles. The highest BCUT2D eigenvalue weighted by molar-refractivity contribution is 6.35. The van der Waals surface area contributed by atoms with Crippen LogP contribution < -0.4 is 10.1 Å². The number of anilines is 2. The van der Waals surface area contributed by atoms with E-state index in [1.807, 2.05) is 17.5 Å². The molecule has 18 heteroatoms. The Bertz CT molecular complexity index is 1480. The maximum atomic E-state index is 13.0. The molecular weight excluding hydrogens is 613 g/mol. The van der Waals surface area contributed by atoms with Crippen LogP contribution in [0.5, 0.6) is 11.5 Å². The number of allylic oxidation sites excluding steroid dienone is 1. The number of hydrogen-bond acceptors (Lipinski definition) is 8. The number of aromatic nitrogens is 1. The van der Waals surface area contributed by atoms with Crippen molar-refractivity contribution in [3.63, 3.8) is 0 Å². The van der Waals surface area contributed by atoms with E-state index in [0.29, 0.717) is 11.8 Å². The van der Waals surface area contributed by atoms with E-state index in [1.165, 1.54) is 7.11 Å². The van der Waals surface area contributed by atoms with Crippen molar-refractivity contribution in [2.45, 2.75) is 18.8 Å². The molecule has 3 rings (SSSR count). The summed E-state index contributed by atoms with van der Waals surface area (Å²) in [5, 5.41) is 31.4. The quantitative estimate of drug-likeness (QED) is 0.116. The van der Waals surface area contributed by atoms with Gasteiger partial charge in [0.15, 0.2) is 17.2 Å². The molecule has 0 aliphatic carbocycles. The summed E-state index contributed by atoms with van der Waals surface area (Å²) in [7, 11) is 1.53. The number of phenols is 1. The first-order chi connectivity index (χ1) is 18.9. The number of nitro benzene ring substituents is 2. The van der Waals surface area contributed by atoms with Crippen molar-refractivity contribution in [3.8, 4) is 11.5 Å². The third-order valence-corrected chi connectivity index (χ3v) is 5.61. The number of ether oxygens (including phenoxy) is 1. The van der Waals surface area contributed by atoms with Gasteiger partial charge in [0, 0.05) is 12.3 Å². The Morgan fingerprint density at radius 1 is 1.07 bits per heavy atom. The van der Waals surface area contributed by atoms with Crippen LogP contribution in [0.2, 0.25) is 10.0 Å². The maximum Gasteiger partial charge on any atom is 0.418 e. The lowest BCUT2D eigenvalue weighted by Crippen LogP contribution is -2.12. The van der Waals surface area contributed by atoms with Crippen molar-refractivity contribution >= 4 is 46.1 Å². The molecule has 2 aromatic carbocycles. The van der Waals surface area contributed by atoms with E-state index in [0.717, 1.165) is 12.0 Å². The monoisotopic (exact) mass is 628 g/mol. The van der Waals surface area contributed by atoms with Gasteiger partial charge in [-0.05, 0) is 30.2 Å². The summed E-state index contributed by atoms with van der Waals surface area (Å²) in [6.07, 6.45) is -7.25. The van der Waals surface area contributed by atoms with Gasteiger partial charge >= 0.3 is 23.7 Å². The Morgan fingerprint density at radius 2 is 1.71 bits per heavy atom. The van der Waals surface area contributed by atoms with Gasteiger partial charge in [-0.15, -0.1) is 6.58 Å². The molecule has 2 N–H and O–H groups in total. The van der Waals surface area contributed by atoms with Gasteiger partial charge in [-0.3, -0.25) is 20.2 Å². The minimum atomic E-state index is -5.27. The molecule has 0 fully saturated rings. The normalized spacial score (nSPS) is 11.2. The molecule has 0 unspecified atom stereocenters. The number of alkyl halides is 6. The number of methoxy groups -OCH3 is 1. The molecule has 0 amide bonds. The van der Waals surface area contributed by atoms with Crippen LogP contribution in [-0.4, -0.2) is 27.0 Å².